The van der Waals surface area contributed by atoms with Crippen LogP contribution < -0.4 is 17.0 Å². The number of aromatic nitrogens is 2. The number of carbonyl (C=O) groups excluding carboxylic acids is 2. The zero-order valence-corrected chi connectivity index (χ0v) is 28.7. The molecule has 2 fully saturated rings. The lowest BCUT2D eigenvalue weighted by molar-refractivity contribution is -0.167. The van der Waals surface area contributed by atoms with Crippen molar-refractivity contribution in [1.29, 1.82) is 0 Å². The van der Waals surface area contributed by atoms with Crippen LogP contribution in [0.5, 0.6) is 0 Å². The van der Waals surface area contributed by atoms with Gasteiger partial charge in [-0.3, -0.25) is 19.1 Å². The molecule has 5 N–H and O–H groups in total. The van der Waals surface area contributed by atoms with Gasteiger partial charge in [0.1, 0.15) is 36.2 Å². The first-order valence-corrected chi connectivity index (χ1v) is 17.6. The Balaban J connectivity index is 1.65. The number of ether oxygens (including phenoxy) is 3. The minimum Gasteiger partial charge on any atom is -0.458 e. The fourth-order valence-electron chi connectivity index (χ4n) is 6.43. The molecule has 2 aliphatic heterocycles. The third kappa shape index (κ3) is 11.2. The van der Waals surface area contributed by atoms with Gasteiger partial charge in [-0.1, -0.05) is 84.0 Å². The number of nitrogens with two attached hydrogens (primary N) is 1. The predicted octanol–water partition coefficient (Wildman–Crippen LogP) is 3.25. The van der Waals surface area contributed by atoms with Crippen molar-refractivity contribution in [2.24, 2.45) is 5.73 Å². The molecule has 0 radical (unpaired) electrons. The summed E-state index contributed by atoms with van der Waals surface area (Å²) in [5, 5.41) is 22.0. The van der Waals surface area contributed by atoms with E-state index in [1.54, 1.807) is 20.8 Å². The molecule has 3 rings (SSSR count). The van der Waals surface area contributed by atoms with Crippen molar-refractivity contribution in [2.45, 2.75) is 173 Å². The van der Waals surface area contributed by atoms with E-state index in [0.29, 0.717) is 6.42 Å². The van der Waals surface area contributed by atoms with Gasteiger partial charge >= 0.3 is 11.7 Å². The van der Waals surface area contributed by atoms with E-state index in [9.17, 15) is 29.4 Å². The first-order chi connectivity index (χ1) is 22.4. The molecule has 2 saturated heterocycles. The summed E-state index contributed by atoms with van der Waals surface area (Å²) < 4.78 is 18.8. The fraction of sp³-hybridized carbons (Fsp3) is 0.824. The number of hydrogen-bond acceptors (Lipinski definition) is 10. The number of nitrogens with one attached hydrogen (secondary N) is 1. The van der Waals surface area contributed by atoms with Gasteiger partial charge in [-0.15, -0.1) is 0 Å². The van der Waals surface area contributed by atoms with Crippen LogP contribution in [0.2, 0.25) is 0 Å². The zero-order valence-electron chi connectivity index (χ0n) is 28.7. The monoisotopic (exact) mass is 666 g/mol. The van der Waals surface area contributed by atoms with Crippen LogP contribution in [-0.2, 0) is 23.8 Å². The van der Waals surface area contributed by atoms with Crippen molar-refractivity contribution >= 4 is 11.9 Å². The summed E-state index contributed by atoms with van der Waals surface area (Å²) in [7, 11) is 0. The van der Waals surface area contributed by atoms with Crippen LogP contribution in [0.4, 0.5) is 0 Å². The van der Waals surface area contributed by atoms with E-state index >= 15 is 0 Å². The van der Waals surface area contributed by atoms with Gasteiger partial charge in [0.05, 0.1) is 0 Å². The van der Waals surface area contributed by atoms with E-state index < -0.39 is 65.7 Å². The Morgan fingerprint density at radius 2 is 1.47 bits per heavy atom. The number of esters is 1. The van der Waals surface area contributed by atoms with E-state index in [4.69, 9.17) is 19.9 Å². The van der Waals surface area contributed by atoms with E-state index in [-0.39, 0.29) is 25.3 Å². The van der Waals surface area contributed by atoms with Gasteiger partial charge in [-0.2, -0.15) is 0 Å². The van der Waals surface area contributed by atoms with Gasteiger partial charge in [-0.25, -0.2) is 9.59 Å². The highest BCUT2D eigenvalue weighted by molar-refractivity contribution is 5.86. The highest BCUT2D eigenvalue weighted by Crippen LogP contribution is 2.38. The van der Waals surface area contributed by atoms with Crippen LogP contribution in [0.3, 0.4) is 0 Å². The number of aliphatic hydroxyl groups is 2. The molecular formula is C34H58N4O9. The summed E-state index contributed by atoms with van der Waals surface area (Å²) in [4.78, 5) is 54.9. The molecule has 268 valence electrons. The lowest BCUT2D eigenvalue weighted by Crippen LogP contribution is -2.54. The number of aromatic amines is 1. The lowest BCUT2D eigenvalue weighted by atomic mass is 9.98. The van der Waals surface area contributed by atoms with Gasteiger partial charge in [0.15, 0.2) is 12.3 Å². The summed E-state index contributed by atoms with van der Waals surface area (Å²) in [5.74, 6) is -1.04. The number of carbonyl (C=O) groups is 2. The maximum atomic E-state index is 13.7. The molecule has 0 aliphatic carbocycles. The normalized spacial score (nSPS) is 26.2. The Morgan fingerprint density at radius 3 is 2.00 bits per heavy atom. The number of unbranched alkanes of at least 4 members (excludes halogenated alkanes) is 12. The predicted molar refractivity (Wildman–Crippen MR) is 176 cm³/mol. The Bertz CT molecular complexity index is 1230. The van der Waals surface area contributed by atoms with Crippen molar-refractivity contribution in [3.63, 3.8) is 0 Å². The van der Waals surface area contributed by atoms with Crippen molar-refractivity contribution in [3.8, 4) is 0 Å². The second-order valence-electron chi connectivity index (χ2n) is 13.9. The number of amides is 1. The van der Waals surface area contributed by atoms with Crippen LogP contribution in [0.15, 0.2) is 21.9 Å². The van der Waals surface area contributed by atoms with E-state index in [1.165, 1.54) is 62.7 Å². The Labute approximate surface area is 278 Å². The summed E-state index contributed by atoms with van der Waals surface area (Å²) >= 11 is 0. The second kappa shape index (κ2) is 18.8. The summed E-state index contributed by atoms with van der Waals surface area (Å²) in [5.41, 5.74) is 3.50. The Morgan fingerprint density at radius 1 is 0.894 bits per heavy atom. The molecule has 0 aromatic carbocycles. The van der Waals surface area contributed by atoms with Crippen LogP contribution in [0.1, 0.15) is 130 Å². The molecule has 1 amide bonds. The van der Waals surface area contributed by atoms with E-state index in [2.05, 4.69) is 11.9 Å². The third-order valence-electron chi connectivity index (χ3n) is 8.80. The molecule has 2 aliphatic rings. The zero-order chi connectivity index (χ0) is 34.6. The first-order valence-electron chi connectivity index (χ1n) is 17.6. The molecule has 0 spiro atoms. The molecule has 7 atom stereocenters. The quantitative estimate of drug-likeness (QED) is 0.126. The number of hydrogen-bond donors (Lipinski definition) is 4. The molecule has 47 heavy (non-hydrogen) atoms. The highest BCUT2D eigenvalue weighted by Gasteiger charge is 2.58. The average molecular weight is 667 g/mol. The van der Waals surface area contributed by atoms with Crippen LogP contribution >= 0.6 is 0 Å². The minimum atomic E-state index is -1.60. The molecule has 1 aromatic rings. The van der Waals surface area contributed by atoms with Crippen molar-refractivity contribution < 1.29 is 34.0 Å². The SMILES string of the molecule is CCCCCCCCCCCCCCCC(=O)N1[C@H](C(=O)OC(C)(C)C)[C@H]([C@H]2O[C@@H](n3ccc(=O)[nH]c3=O)[C@H](O)[C@@H]2O)O[C@@H]1CCN. The maximum absolute atomic E-state index is 13.7. The smallest absolute Gasteiger partial charge is 0.332 e. The summed E-state index contributed by atoms with van der Waals surface area (Å²) in [6.07, 6.45) is 8.79. The van der Waals surface area contributed by atoms with Gasteiger partial charge in [0.25, 0.3) is 5.56 Å². The van der Waals surface area contributed by atoms with Gasteiger partial charge in [0, 0.05) is 25.1 Å². The van der Waals surface area contributed by atoms with E-state index in [1.807, 2.05) is 0 Å². The topological polar surface area (TPSA) is 186 Å². The lowest BCUT2D eigenvalue weighted by Gasteiger charge is -2.31. The van der Waals surface area contributed by atoms with Crippen molar-refractivity contribution in [3.05, 3.63) is 33.1 Å². The first kappa shape index (κ1) is 38.9. The third-order valence-corrected chi connectivity index (χ3v) is 8.80. The minimum absolute atomic E-state index is 0.160. The highest BCUT2D eigenvalue weighted by atomic mass is 16.6. The molecule has 1 aromatic heterocycles. The number of H-pyrrole nitrogens is 1. The van der Waals surface area contributed by atoms with E-state index in [0.717, 1.165) is 36.1 Å². The average Bonchev–Trinajstić information content (AvgIpc) is 3.51. The molecule has 13 heteroatoms. The molecular weight excluding hydrogens is 608 g/mol. The van der Waals surface area contributed by atoms with Crippen molar-refractivity contribution in [2.75, 3.05) is 6.54 Å². The summed E-state index contributed by atoms with van der Waals surface area (Å²) in [6.45, 7) is 7.51. The van der Waals surface area contributed by atoms with Crippen LogP contribution in [0.25, 0.3) is 0 Å². The van der Waals surface area contributed by atoms with Gasteiger partial charge in [0.2, 0.25) is 5.91 Å². The van der Waals surface area contributed by atoms with Crippen LogP contribution in [-0.4, -0.2) is 85.4 Å². The fourth-order valence-corrected chi connectivity index (χ4v) is 6.43. The number of rotatable bonds is 19. The number of nitrogens with zero attached hydrogens (tertiary/aromatic N) is 2. The molecule has 0 bridgehead atoms. The second-order valence-corrected chi connectivity index (χ2v) is 13.9. The molecule has 13 nitrogen and oxygen atoms in total. The standard InChI is InChI=1S/C34H58N4O9/c1-5-6-7-8-9-10-11-12-13-14-15-16-17-18-24(40)38-25(19-21-35)45-29(26(38)32(43)47-34(2,3)4)30-27(41)28(42)31(46-30)37-22-20-23(39)36-33(37)44/h20,22,25-31,41-42H,5-19,21,35H2,1-4H3,(H,36,39,44)/t25-,26+,27+,28-,29-,30+,31-/m1/s1. The molecule has 0 unspecified atom stereocenters. The van der Waals surface area contributed by atoms with Gasteiger partial charge in [-0.05, 0) is 33.7 Å². The Hall–Kier alpha value is -2.58. The number of aliphatic hydroxyl groups excluding tert-OH is 2. The van der Waals surface area contributed by atoms with Crippen LogP contribution in [0, 0.1) is 0 Å². The maximum Gasteiger partial charge on any atom is 0.332 e. The van der Waals surface area contributed by atoms with Crippen molar-refractivity contribution in [1.82, 2.24) is 14.5 Å². The molecule has 0 saturated carbocycles. The summed E-state index contributed by atoms with van der Waals surface area (Å²) in [6, 6.07) is -0.209. The molecule has 3 heterocycles. The van der Waals surface area contributed by atoms with Gasteiger partial charge < -0.3 is 35.1 Å². The largest absolute Gasteiger partial charge is 0.458 e. The Kier molecular flexibility index (Phi) is 15.6.